The van der Waals surface area contributed by atoms with Gasteiger partial charge in [-0.3, -0.25) is 9.59 Å². The molecular weight excluding hydrogens is 362 g/mol. The highest BCUT2D eigenvalue weighted by atomic mass is 32.2. The molecule has 0 spiro atoms. The van der Waals surface area contributed by atoms with Gasteiger partial charge in [-0.15, -0.1) is 0 Å². The van der Waals surface area contributed by atoms with E-state index in [9.17, 15) is 18.0 Å². The third-order valence-electron chi connectivity index (χ3n) is 4.57. The van der Waals surface area contributed by atoms with Crippen molar-refractivity contribution in [1.82, 2.24) is 8.87 Å². The molecule has 0 aliphatic carbocycles. The van der Waals surface area contributed by atoms with E-state index in [4.69, 9.17) is 0 Å². The van der Waals surface area contributed by atoms with E-state index in [0.29, 0.717) is 25.1 Å². The van der Waals surface area contributed by atoms with E-state index in [-0.39, 0.29) is 29.0 Å². The van der Waals surface area contributed by atoms with E-state index in [0.717, 1.165) is 21.6 Å². The number of fused-ring (bicyclic) bond motifs is 1. The Hall–Kier alpha value is -1.71. The molecule has 9 heteroatoms. The minimum absolute atomic E-state index is 0.0466. The summed E-state index contributed by atoms with van der Waals surface area (Å²) in [6, 6.07) is 5.34. The number of benzene rings is 1. The van der Waals surface area contributed by atoms with Crippen LogP contribution in [0.3, 0.4) is 0 Å². The highest BCUT2D eigenvalue weighted by molar-refractivity contribution is 7.89. The van der Waals surface area contributed by atoms with Crippen molar-refractivity contribution in [3.8, 4) is 0 Å². The van der Waals surface area contributed by atoms with Crippen LogP contribution < -0.4 is 10.2 Å². The monoisotopic (exact) mass is 383 g/mol. The molecule has 3 rings (SSSR count). The summed E-state index contributed by atoms with van der Waals surface area (Å²) in [7, 11) is -1.56. The molecule has 1 fully saturated rings. The average molecular weight is 383 g/mol. The Morgan fingerprint density at radius 1 is 1.40 bits per heavy atom. The first-order valence-electron chi connectivity index (χ1n) is 8.20. The number of carbonyl (C=O) groups is 1. The zero-order chi connectivity index (χ0) is 18.2. The van der Waals surface area contributed by atoms with E-state index in [1.165, 1.54) is 4.31 Å². The van der Waals surface area contributed by atoms with Crippen LogP contribution in [0.2, 0.25) is 0 Å². The summed E-state index contributed by atoms with van der Waals surface area (Å²) < 4.78 is 27.8. The first-order chi connectivity index (χ1) is 11.8. The smallest absolute Gasteiger partial charge is 0.307 e. The summed E-state index contributed by atoms with van der Waals surface area (Å²) in [6.07, 6.45) is 1.35. The Kier molecular flexibility index (Phi) is 4.99. The number of piperidine rings is 1. The zero-order valence-electron chi connectivity index (χ0n) is 14.2. The summed E-state index contributed by atoms with van der Waals surface area (Å²) in [4.78, 5) is 24.2. The molecule has 7 nitrogen and oxygen atoms in total. The Morgan fingerprint density at radius 2 is 2.16 bits per heavy atom. The molecule has 0 radical (unpaired) electrons. The van der Waals surface area contributed by atoms with Gasteiger partial charge in [0.15, 0.2) is 0 Å². The molecular formula is C16H21N3O4S2. The number of anilines is 1. The van der Waals surface area contributed by atoms with E-state index in [2.05, 4.69) is 5.32 Å². The van der Waals surface area contributed by atoms with Crippen molar-refractivity contribution in [2.45, 2.75) is 19.8 Å². The predicted octanol–water partition coefficient (Wildman–Crippen LogP) is 1.60. The number of aryl methyl sites for hydroxylation is 1. The predicted molar refractivity (Wildman–Crippen MR) is 99.5 cm³/mol. The van der Waals surface area contributed by atoms with Crippen LogP contribution >= 0.6 is 11.3 Å². The van der Waals surface area contributed by atoms with Gasteiger partial charge in [0.05, 0.1) is 21.9 Å². The third-order valence-corrected chi connectivity index (χ3v) is 7.42. The highest BCUT2D eigenvalue weighted by Crippen LogP contribution is 2.24. The molecule has 1 aromatic carbocycles. The second-order valence-electron chi connectivity index (χ2n) is 6.20. The minimum Gasteiger partial charge on any atom is -0.326 e. The SMILES string of the molecule is CCS(=O)(=O)N1CCCC(C(=O)Nc2ccc3c(c2)sc(=O)n3C)C1. The van der Waals surface area contributed by atoms with Gasteiger partial charge < -0.3 is 9.88 Å². The molecule has 1 saturated heterocycles. The van der Waals surface area contributed by atoms with Crippen LogP contribution in [-0.4, -0.2) is 42.0 Å². The maximum absolute atomic E-state index is 12.5. The second kappa shape index (κ2) is 6.89. The Bertz CT molecular complexity index is 961. The topological polar surface area (TPSA) is 88.5 Å². The summed E-state index contributed by atoms with van der Waals surface area (Å²) in [6.45, 7) is 2.31. The van der Waals surface area contributed by atoms with Crippen LogP contribution in [0.1, 0.15) is 19.8 Å². The number of hydrogen-bond donors (Lipinski definition) is 1. The number of nitrogens with zero attached hydrogens (tertiary/aromatic N) is 2. The van der Waals surface area contributed by atoms with Crippen molar-refractivity contribution in [2.24, 2.45) is 13.0 Å². The van der Waals surface area contributed by atoms with Gasteiger partial charge in [0.1, 0.15) is 0 Å². The zero-order valence-corrected chi connectivity index (χ0v) is 15.8. The van der Waals surface area contributed by atoms with Crippen LogP contribution in [0.25, 0.3) is 10.2 Å². The van der Waals surface area contributed by atoms with Gasteiger partial charge in [0.25, 0.3) is 0 Å². The molecule has 1 atom stereocenters. The second-order valence-corrected chi connectivity index (χ2v) is 9.45. The van der Waals surface area contributed by atoms with Gasteiger partial charge in [-0.2, -0.15) is 0 Å². The molecule has 1 N–H and O–H groups in total. The lowest BCUT2D eigenvalue weighted by molar-refractivity contribution is -0.120. The van der Waals surface area contributed by atoms with Crippen molar-refractivity contribution in [1.29, 1.82) is 0 Å². The first kappa shape index (κ1) is 18.1. The molecule has 1 aliphatic heterocycles. The number of hydrogen-bond acceptors (Lipinski definition) is 5. The largest absolute Gasteiger partial charge is 0.326 e. The number of amides is 1. The van der Waals surface area contributed by atoms with Crippen molar-refractivity contribution in [2.75, 3.05) is 24.2 Å². The summed E-state index contributed by atoms with van der Waals surface area (Å²) in [5, 5.41) is 2.86. The third kappa shape index (κ3) is 3.63. The molecule has 136 valence electrons. The quantitative estimate of drug-likeness (QED) is 0.869. The summed E-state index contributed by atoms with van der Waals surface area (Å²) >= 11 is 1.13. The normalized spacial score (nSPS) is 19.2. The van der Waals surface area contributed by atoms with Crippen LogP contribution in [0.5, 0.6) is 0 Å². The van der Waals surface area contributed by atoms with Crippen molar-refractivity contribution < 1.29 is 13.2 Å². The number of nitrogens with one attached hydrogen (secondary N) is 1. The van der Waals surface area contributed by atoms with Crippen LogP contribution in [0, 0.1) is 5.92 Å². The van der Waals surface area contributed by atoms with Crippen LogP contribution in [0.4, 0.5) is 5.69 Å². The standard InChI is InChI=1S/C16H21N3O4S2/c1-3-25(22,23)19-8-4-5-11(10-19)15(20)17-12-6-7-13-14(9-12)24-16(21)18(13)2/h6-7,9,11H,3-5,8,10H2,1-2H3,(H,17,20). The van der Waals surface area contributed by atoms with Gasteiger partial charge >= 0.3 is 4.87 Å². The maximum atomic E-state index is 12.5. The van der Waals surface area contributed by atoms with E-state index < -0.39 is 10.0 Å². The van der Waals surface area contributed by atoms with Crippen LogP contribution in [-0.2, 0) is 21.9 Å². The molecule has 1 aromatic heterocycles. The molecule has 2 aromatic rings. The lowest BCUT2D eigenvalue weighted by atomic mass is 9.98. The van der Waals surface area contributed by atoms with E-state index in [1.54, 1.807) is 36.7 Å². The lowest BCUT2D eigenvalue weighted by Gasteiger charge is -2.30. The fraction of sp³-hybridized carbons (Fsp3) is 0.500. The fourth-order valence-electron chi connectivity index (χ4n) is 3.05. The number of sulfonamides is 1. The fourth-order valence-corrected chi connectivity index (χ4v) is 5.15. The Balaban J connectivity index is 1.74. The minimum atomic E-state index is -3.27. The molecule has 2 heterocycles. The van der Waals surface area contributed by atoms with Gasteiger partial charge in [-0.1, -0.05) is 11.3 Å². The summed E-state index contributed by atoms with van der Waals surface area (Å²) in [5.41, 5.74) is 1.45. The number of carbonyl (C=O) groups excluding carboxylic acids is 1. The average Bonchev–Trinajstić information content (AvgIpc) is 2.88. The Morgan fingerprint density at radius 3 is 2.88 bits per heavy atom. The molecule has 0 bridgehead atoms. The van der Waals surface area contributed by atoms with Gasteiger partial charge in [-0.05, 0) is 38.0 Å². The number of thiazole rings is 1. The van der Waals surface area contributed by atoms with Crippen molar-refractivity contribution >= 4 is 43.2 Å². The van der Waals surface area contributed by atoms with Crippen molar-refractivity contribution in [3.05, 3.63) is 27.9 Å². The molecule has 1 aliphatic rings. The lowest BCUT2D eigenvalue weighted by Crippen LogP contribution is -2.44. The van der Waals surface area contributed by atoms with Gasteiger partial charge in [0, 0.05) is 25.8 Å². The van der Waals surface area contributed by atoms with Gasteiger partial charge in [0.2, 0.25) is 15.9 Å². The van der Waals surface area contributed by atoms with Crippen LogP contribution in [0.15, 0.2) is 23.0 Å². The van der Waals surface area contributed by atoms with Crippen molar-refractivity contribution in [3.63, 3.8) is 0 Å². The Labute approximate surface area is 150 Å². The molecule has 0 saturated carbocycles. The molecule has 1 amide bonds. The van der Waals surface area contributed by atoms with E-state index >= 15 is 0 Å². The molecule has 25 heavy (non-hydrogen) atoms. The van der Waals surface area contributed by atoms with E-state index in [1.807, 2.05) is 0 Å². The number of aromatic nitrogens is 1. The summed E-state index contributed by atoms with van der Waals surface area (Å²) in [5.74, 6) is -0.496. The maximum Gasteiger partial charge on any atom is 0.307 e. The molecule has 1 unspecified atom stereocenters. The first-order valence-corrected chi connectivity index (χ1v) is 10.6. The van der Waals surface area contributed by atoms with Gasteiger partial charge in [-0.25, -0.2) is 12.7 Å². The highest BCUT2D eigenvalue weighted by Gasteiger charge is 2.31. The number of rotatable bonds is 4.